The first-order valence-electron chi connectivity index (χ1n) is 8.21. The van der Waals surface area contributed by atoms with E-state index >= 15 is 0 Å². The molecular formula is C19H22BrN3O. The average Bonchev–Trinajstić information content (AvgIpc) is 2.58. The van der Waals surface area contributed by atoms with Crippen molar-refractivity contribution in [1.29, 1.82) is 0 Å². The molecule has 3 rings (SSSR count). The number of hydrogen-bond acceptors (Lipinski definition) is 3. The van der Waals surface area contributed by atoms with E-state index in [4.69, 9.17) is 0 Å². The Bertz CT molecular complexity index is 711. The third-order valence-electron chi connectivity index (χ3n) is 4.34. The molecule has 0 bridgehead atoms. The molecular weight excluding hydrogens is 366 g/mol. The number of carbonyl (C=O) groups excluding carboxylic acids is 1. The van der Waals surface area contributed by atoms with Crippen molar-refractivity contribution in [3.05, 3.63) is 58.6 Å². The first-order chi connectivity index (χ1) is 11.6. The van der Waals surface area contributed by atoms with Gasteiger partial charge in [-0.25, -0.2) is 0 Å². The summed E-state index contributed by atoms with van der Waals surface area (Å²) in [4.78, 5) is 16.9. The van der Waals surface area contributed by atoms with Crippen molar-refractivity contribution < 1.29 is 4.79 Å². The van der Waals surface area contributed by atoms with Crippen LogP contribution in [-0.2, 0) is 4.79 Å². The van der Waals surface area contributed by atoms with E-state index in [1.807, 2.05) is 24.3 Å². The van der Waals surface area contributed by atoms with Crippen molar-refractivity contribution in [2.24, 2.45) is 0 Å². The fraction of sp³-hybridized carbons (Fsp3) is 0.316. The second-order valence-corrected chi connectivity index (χ2v) is 6.93. The molecule has 4 nitrogen and oxygen atoms in total. The first-order valence-corrected chi connectivity index (χ1v) is 9.00. The van der Waals surface area contributed by atoms with Gasteiger partial charge < -0.3 is 10.2 Å². The number of nitrogens with zero attached hydrogens (tertiary/aromatic N) is 2. The van der Waals surface area contributed by atoms with Crippen molar-refractivity contribution in [2.45, 2.75) is 6.92 Å². The van der Waals surface area contributed by atoms with E-state index in [9.17, 15) is 4.79 Å². The van der Waals surface area contributed by atoms with E-state index in [2.05, 4.69) is 62.2 Å². The molecule has 1 aliphatic rings. The normalized spacial score (nSPS) is 15.3. The molecule has 0 atom stereocenters. The fourth-order valence-corrected chi connectivity index (χ4v) is 3.40. The number of nitrogens with one attached hydrogen (secondary N) is 1. The van der Waals surface area contributed by atoms with Crippen LogP contribution < -0.4 is 10.2 Å². The Morgan fingerprint density at radius 1 is 1.04 bits per heavy atom. The second kappa shape index (κ2) is 7.81. The number of para-hydroxylation sites is 2. The number of rotatable bonds is 4. The minimum Gasteiger partial charge on any atom is -0.369 e. The van der Waals surface area contributed by atoms with Crippen LogP contribution in [0.15, 0.2) is 53.0 Å². The number of halogens is 1. The van der Waals surface area contributed by atoms with E-state index in [0.29, 0.717) is 6.54 Å². The third kappa shape index (κ3) is 4.16. The lowest BCUT2D eigenvalue weighted by molar-refractivity contribution is -0.117. The Kier molecular flexibility index (Phi) is 5.53. The van der Waals surface area contributed by atoms with Gasteiger partial charge in [-0.2, -0.15) is 0 Å². The van der Waals surface area contributed by atoms with Crippen LogP contribution in [0.1, 0.15) is 5.56 Å². The minimum atomic E-state index is 0.0336. The number of piperazine rings is 1. The molecule has 126 valence electrons. The smallest absolute Gasteiger partial charge is 0.238 e. The Hall–Kier alpha value is -1.85. The SMILES string of the molecule is Cc1ccccc1N1CCN(CC(=O)Nc2ccccc2Br)CC1. The standard InChI is InChI=1S/C19H22BrN3O/c1-15-6-2-5-9-18(15)23-12-10-22(11-13-23)14-19(24)21-17-8-4-3-7-16(17)20/h2-9H,10-14H2,1H3,(H,21,24). The Labute approximate surface area is 151 Å². The fourth-order valence-electron chi connectivity index (χ4n) is 3.02. The number of hydrogen-bond donors (Lipinski definition) is 1. The number of benzene rings is 2. The van der Waals surface area contributed by atoms with E-state index in [1.54, 1.807) is 0 Å². The minimum absolute atomic E-state index is 0.0336. The summed E-state index contributed by atoms with van der Waals surface area (Å²) in [6.45, 7) is 6.28. The molecule has 0 aliphatic carbocycles. The summed E-state index contributed by atoms with van der Waals surface area (Å²) in [5, 5.41) is 2.97. The topological polar surface area (TPSA) is 35.6 Å². The monoisotopic (exact) mass is 387 g/mol. The van der Waals surface area contributed by atoms with Gasteiger partial charge >= 0.3 is 0 Å². The zero-order valence-electron chi connectivity index (χ0n) is 13.8. The molecule has 1 amide bonds. The van der Waals surface area contributed by atoms with Crippen LogP contribution >= 0.6 is 15.9 Å². The molecule has 1 fully saturated rings. The highest BCUT2D eigenvalue weighted by atomic mass is 79.9. The van der Waals surface area contributed by atoms with Gasteiger partial charge in [0.15, 0.2) is 0 Å². The molecule has 0 spiro atoms. The number of aryl methyl sites for hydroxylation is 1. The molecule has 0 saturated carbocycles. The molecule has 0 unspecified atom stereocenters. The highest BCUT2D eigenvalue weighted by Gasteiger charge is 2.20. The van der Waals surface area contributed by atoms with Crippen LogP contribution in [0.25, 0.3) is 0 Å². The Balaban J connectivity index is 1.51. The predicted octanol–water partition coefficient (Wildman–Crippen LogP) is 3.52. The largest absolute Gasteiger partial charge is 0.369 e. The summed E-state index contributed by atoms with van der Waals surface area (Å²) in [7, 11) is 0. The zero-order chi connectivity index (χ0) is 16.9. The van der Waals surface area contributed by atoms with Crippen LogP contribution in [0.3, 0.4) is 0 Å². The zero-order valence-corrected chi connectivity index (χ0v) is 15.4. The van der Waals surface area contributed by atoms with E-state index in [0.717, 1.165) is 36.3 Å². The molecule has 1 heterocycles. The molecule has 0 aromatic heterocycles. The van der Waals surface area contributed by atoms with E-state index in [1.165, 1.54) is 11.3 Å². The van der Waals surface area contributed by atoms with Crippen LogP contribution in [0.4, 0.5) is 11.4 Å². The first kappa shape index (κ1) is 17.0. The lowest BCUT2D eigenvalue weighted by atomic mass is 10.1. The number of anilines is 2. The van der Waals surface area contributed by atoms with Crippen molar-refractivity contribution in [3.8, 4) is 0 Å². The Morgan fingerprint density at radius 3 is 2.42 bits per heavy atom. The van der Waals surface area contributed by atoms with Crippen LogP contribution in [0.5, 0.6) is 0 Å². The summed E-state index contributed by atoms with van der Waals surface area (Å²) in [5.74, 6) is 0.0336. The summed E-state index contributed by atoms with van der Waals surface area (Å²) >= 11 is 3.46. The van der Waals surface area contributed by atoms with Gasteiger partial charge in [-0.15, -0.1) is 0 Å². The number of amides is 1. The van der Waals surface area contributed by atoms with Crippen molar-refractivity contribution >= 4 is 33.2 Å². The maximum atomic E-state index is 12.3. The van der Waals surface area contributed by atoms with Crippen molar-refractivity contribution in [1.82, 2.24) is 4.90 Å². The summed E-state index contributed by atoms with van der Waals surface area (Å²) in [6.07, 6.45) is 0. The van der Waals surface area contributed by atoms with Gasteiger partial charge in [-0.3, -0.25) is 9.69 Å². The van der Waals surface area contributed by atoms with Gasteiger partial charge in [0.05, 0.1) is 12.2 Å². The summed E-state index contributed by atoms with van der Waals surface area (Å²) in [5.41, 5.74) is 3.42. The maximum Gasteiger partial charge on any atom is 0.238 e. The molecule has 1 N–H and O–H groups in total. The molecule has 1 saturated heterocycles. The van der Waals surface area contributed by atoms with Crippen LogP contribution in [0, 0.1) is 6.92 Å². The van der Waals surface area contributed by atoms with Crippen LogP contribution in [-0.4, -0.2) is 43.5 Å². The van der Waals surface area contributed by atoms with Crippen molar-refractivity contribution in [3.63, 3.8) is 0 Å². The van der Waals surface area contributed by atoms with Gasteiger partial charge in [0.25, 0.3) is 0 Å². The maximum absolute atomic E-state index is 12.3. The molecule has 2 aromatic rings. The van der Waals surface area contributed by atoms with Gasteiger partial charge in [-0.1, -0.05) is 30.3 Å². The predicted molar refractivity (Wildman–Crippen MR) is 103 cm³/mol. The van der Waals surface area contributed by atoms with Gasteiger partial charge in [0.1, 0.15) is 0 Å². The summed E-state index contributed by atoms with van der Waals surface area (Å²) in [6, 6.07) is 16.2. The van der Waals surface area contributed by atoms with E-state index < -0.39 is 0 Å². The van der Waals surface area contributed by atoms with Gasteiger partial charge in [-0.05, 0) is 46.6 Å². The van der Waals surface area contributed by atoms with Gasteiger partial charge in [0, 0.05) is 36.3 Å². The molecule has 24 heavy (non-hydrogen) atoms. The third-order valence-corrected chi connectivity index (χ3v) is 5.04. The lowest BCUT2D eigenvalue weighted by Gasteiger charge is -2.36. The Morgan fingerprint density at radius 2 is 1.71 bits per heavy atom. The molecule has 0 radical (unpaired) electrons. The number of carbonyl (C=O) groups is 1. The quantitative estimate of drug-likeness (QED) is 0.871. The highest BCUT2D eigenvalue weighted by molar-refractivity contribution is 9.10. The second-order valence-electron chi connectivity index (χ2n) is 6.08. The van der Waals surface area contributed by atoms with Crippen LogP contribution in [0.2, 0.25) is 0 Å². The molecule has 2 aromatic carbocycles. The molecule has 5 heteroatoms. The van der Waals surface area contributed by atoms with E-state index in [-0.39, 0.29) is 5.91 Å². The summed E-state index contributed by atoms with van der Waals surface area (Å²) < 4.78 is 0.905. The lowest BCUT2D eigenvalue weighted by Crippen LogP contribution is -2.48. The highest BCUT2D eigenvalue weighted by Crippen LogP contribution is 2.22. The van der Waals surface area contributed by atoms with Crippen molar-refractivity contribution in [2.75, 3.05) is 42.9 Å². The van der Waals surface area contributed by atoms with Gasteiger partial charge in [0.2, 0.25) is 5.91 Å². The average molecular weight is 388 g/mol. The molecule has 1 aliphatic heterocycles.